The van der Waals surface area contributed by atoms with Crippen LogP contribution < -0.4 is 4.74 Å². The number of benzene rings is 3. The third-order valence-corrected chi connectivity index (χ3v) is 3.38. The molecule has 5 heteroatoms. The highest BCUT2D eigenvalue weighted by atomic mass is 35.5. The van der Waals surface area contributed by atoms with Crippen molar-refractivity contribution < 1.29 is 20.1 Å². The van der Waals surface area contributed by atoms with Crippen molar-refractivity contribution in [2.75, 3.05) is 0 Å². The van der Waals surface area contributed by atoms with E-state index in [1.54, 1.807) is 24.3 Å². The molecule has 106 valence electrons. The molecule has 0 atom stereocenters. The zero-order chi connectivity index (χ0) is 15.0. The molecule has 0 aromatic heterocycles. The highest BCUT2D eigenvalue weighted by Gasteiger charge is 2.06. The van der Waals surface area contributed by atoms with Crippen molar-refractivity contribution in [3.05, 3.63) is 53.6 Å². The third kappa shape index (κ3) is 2.66. The summed E-state index contributed by atoms with van der Waals surface area (Å²) < 4.78 is 5.63. The molecule has 0 heterocycles. The minimum absolute atomic E-state index is 0.0578. The van der Waals surface area contributed by atoms with Gasteiger partial charge in [0.2, 0.25) is 0 Å². The number of ether oxygens (including phenoxy) is 1. The van der Waals surface area contributed by atoms with Gasteiger partial charge in [-0.3, -0.25) is 0 Å². The topological polar surface area (TPSA) is 69.9 Å². The lowest BCUT2D eigenvalue weighted by molar-refractivity contribution is 0.405. The molecular weight excluding hydrogens is 292 g/mol. The van der Waals surface area contributed by atoms with Gasteiger partial charge in [0, 0.05) is 6.07 Å². The molecule has 0 bridgehead atoms. The van der Waals surface area contributed by atoms with E-state index in [-0.39, 0.29) is 22.3 Å². The van der Waals surface area contributed by atoms with Crippen LogP contribution in [0.25, 0.3) is 10.8 Å². The first-order valence-corrected chi connectivity index (χ1v) is 6.53. The molecule has 0 saturated heterocycles. The summed E-state index contributed by atoms with van der Waals surface area (Å²) >= 11 is 5.74. The second kappa shape index (κ2) is 5.07. The van der Waals surface area contributed by atoms with Crippen molar-refractivity contribution in [3.63, 3.8) is 0 Å². The second-order valence-electron chi connectivity index (χ2n) is 4.57. The molecule has 0 fully saturated rings. The lowest BCUT2D eigenvalue weighted by Crippen LogP contribution is -1.84. The first-order valence-electron chi connectivity index (χ1n) is 6.15. The average Bonchev–Trinajstić information content (AvgIpc) is 2.44. The van der Waals surface area contributed by atoms with Crippen LogP contribution in [-0.4, -0.2) is 15.3 Å². The van der Waals surface area contributed by atoms with Gasteiger partial charge in [-0.15, -0.1) is 0 Å². The van der Waals surface area contributed by atoms with Crippen molar-refractivity contribution in [2.45, 2.75) is 0 Å². The number of phenols is 3. The molecule has 0 radical (unpaired) electrons. The van der Waals surface area contributed by atoms with Crippen LogP contribution in [0.15, 0.2) is 48.5 Å². The van der Waals surface area contributed by atoms with Gasteiger partial charge in [-0.2, -0.15) is 0 Å². The molecule has 0 unspecified atom stereocenters. The van der Waals surface area contributed by atoms with Gasteiger partial charge >= 0.3 is 0 Å². The van der Waals surface area contributed by atoms with Crippen LogP contribution in [-0.2, 0) is 0 Å². The molecule has 3 aromatic rings. The maximum Gasteiger partial charge on any atom is 0.158 e. The van der Waals surface area contributed by atoms with E-state index in [4.69, 9.17) is 16.3 Å². The predicted molar refractivity (Wildman–Crippen MR) is 80.5 cm³/mol. The van der Waals surface area contributed by atoms with Crippen LogP contribution in [0.4, 0.5) is 0 Å². The van der Waals surface area contributed by atoms with E-state index in [1.165, 1.54) is 24.3 Å². The number of fused-ring (bicyclic) bond motifs is 1. The Balaban J connectivity index is 1.97. The van der Waals surface area contributed by atoms with E-state index in [0.717, 1.165) is 10.8 Å². The fourth-order valence-electron chi connectivity index (χ4n) is 2.01. The van der Waals surface area contributed by atoms with Gasteiger partial charge in [0.25, 0.3) is 0 Å². The van der Waals surface area contributed by atoms with Gasteiger partial charge in [-0.25, -0.2) is 0 Å². The van der Waals surface area contributed by atoms with Crippen molar-refractivity contribution in [3.8, 4) is 28.7 Å². The second-order valence-corrected chi connectivity index (χ2v) is 4.97. The van der Waals surface area contributed by atoms with E-state index in [9.17, 15) is 15.3 Å². The molecule has 3 N–H and O–H groups in total. The lowest BCUT2D eigenvalue weighted by Gasteiger charge is -2.08. The predicted octanol–water partition coefficient (Wildman–Crippen LogP) is 4.40. The van der Waals surface area contributed by atoms with Crippen LogP contribution in [0.1, 0.15) is 0 Å². The maximum absolute atomic E-state index is 9.54. The quantitative estimate of drug-likeness (QED) is 0.614. The molecule has 0 aliphatic carbocycles. The standard InChI is InChI=1S/C16H11ClO4/c17-13-4-3-12(8-14(13)18)21-11-2-1-9-6-15(19)16(20)7-10(9)5-11/h1-8,18-20H. The number of hydrogen-bond donors (Lipinski definition) is 3. The molecule has 0 aliphatic rings. The zero-order valence-electron chi connectivity index (χ0n) is 10.7. The third-order valence-electron chi connectivity index (χ3n) is 3.06. The summed E-state index contributed by atoms with van der Waals surface area (Å²) in [5.41, 5.74) is 0. The fraction of sp³-hybridized carbons (Fsp3) is 0. The molecule has 0 saturated carbocycles. The summed E-state index contributed by atoms with van der Waals surface area (Å²) in [5, 5.41) is 30.3. The number of hydrogen-bond acceptors (Lipinski definition) is 4. The summed E-state index contributed by atoms with van der Waals surface area (Å²) in [5.74, 6) is 0.564. The normalized spacial score (nSPS) is 10.7. The Morgan fingerprint density at radius 3 is 2.00 bits per heavy atom. The van der Waals surface area contributed by atoms with Crippen molar-refractivity contribution in [1.82, 2.24) is 0 Å². The number of halogens is 1. The van der Waals surface area contributed by atoms with E-state index < -0.39 is 0 Å². The Morgan fingerprint density at radius 1 is 0.667 bits per heavy atom. The number of rotatable bonds is 2. The smallest absolute Gasteiger partial charge is 0.158 e. The Bertz CT molecular complexity index is 830. The summed E-state index contributed by atoms with van der Waals surface area (Å²) in [4.78, 5) is 0. The van der Waals surface area contributed by atoms with Crippen LogP contribution in [0, 0.1) is 0 Å². The van der Waals surface area contributed by atoms with Gasteiger partial charge in [-0.05, 0) is 47.2 Å². The molecule has 3 rings (SSSR count). The Labute approximate surface area is 125 Å². The summed E-state index contributed by atoms with van der Waals surface area (Å²) in [6.45, 7) is 0. The van der Waals surface area contributed by atoms with E-state index >= 15 is 0 Å². The number of aromatic hydroxyl groups is 3. The number of phenolic OH excluding ortho intramolecular Hbond substituents is 3. The highest BCUT2D eigenvalue weighted by Crippen LogP contribution is 2.34. The van der Waals surface area contributed by atoms with Crippen LogP contribution in [0.2, 0.25) is 5.02 Å². The van der Waals surface area contributed by atoms with E-state index in [2.05, 4.69) is 0 Å². The van der Waals surface area contributed by atoms with Crippen molar-refractivity contribution >= 4 is 22.4 Å². The summed E-state index contributed by atoms with van der Waals surface area (Å²) in [7, 11) is 0. The molecule has 3 aromatic carbocycles. The zero-order valence-corrected chi connectivity index (χ0v) is 11.5. The van der Waals surface area contributed by atoms with Gasteiger partial charge in [0.05, 0.1) is 5.02 Å². The van der Waals surface area contributed by atoms with Gasteiger partial charge in [-0.1, -0.05) is 17.7 Å². The SMILES string of the molecule is Oc1cc2ccc(Oc3ccc(Cl)c(O)c3)cc2cc1O. The Morgan fingerprint density at radius 2 is 1.29 bits per heavy atom. The minimum atomic E-state index is -0.191. The molecule has 0 spiro atoms. The van der Waals surface area contributed by atoms with Crippen LogP contribution >= 0.6 is 11.6 Å². The molecule has 0 amide bonds. The van der Waals surface area contributed by atoms with Gasteiger partial charge in [0.1, 0.15) is 17.2 Å². The highest BCUT2D eigenvalue weighted by molar-refractivity contribution is 6.32. The van der Waals surface area contributed by atoms with E-state index in [1.807, 2.05) is 0 Å². The average molecular weight is 303 g/mol. The van der Waals surface area contributed by atoms with Gasteiger partial charge < -0.3 is 20.1 Å². The Kier molecular flexibility index (Phi) is 3.23. The first-order chi connectivity index (χ1) is 10.0. The fourth-order valence-corrected chi connectivity index (χ4v) is 2.12. The van der Waals surface area contributed by atoms with Gasteiger partial charge in [0.15, 0.2) is 11.5 Å². The first kappa shape index (κ1) is 13.4. The summed E-state index contributed by atoms with van der Waals surface area (Å²) in [6, 6.07) is 12.7. The Hall–Kier alpha value is -2.59. The lowest BCUT2D eigenvalue weighted by atomic mass is 10.1. The largest absolute Gasteiger partial charge is 0.506 e. The van der Waals surface area contributed by atoms with Crippen LogP contribution in [0.3, 0.4) is 0 Å². The van der Waals surface area contributed by atoms with E-state index in [0.29, 0.717) is 11.5 Å². The van der Waals surface area contributed by atoms with Crippen molar-refractivity contribution in [2.24, 2.45) is 0 Å². The molecule has 0 aliphatic heterocycles. The monoisotopic (exact) mass is 302 g/mol. The molecular formula is C16H11ClO4. The van der Waals surface area contributed by atoms with Crippen LogP contribution in [0.5, 0.6) is 28.7 Å². The van der Waals surface area contributed by atoms with Crippen molar-refractivity contribution in [1.29, 1.82) is 0 Å². The molecule has 4 nitrogen and oxygen atoms in total. The summed E-state index contributed by atoms with van der Waals surface area (Å²) in [6.07, 6.45) is 0. The molecule has 21 heavy (non-hydrogen) atoms. The maximum atomic E-state index is 9.54. The minimum Gasteiger partial charge on any atom is -0.506 e.